The fourth-order valence-electron chi connectivity index (χ4n) is 3.02. The summed E-state index contributed by atoms with van der Waals surface area (Å²) >= 11 is 6.23. The Morgan fingerprint density at radius 2 is 1.68 bits per heavy atom. The minimum Gasteiger partial charge on any atom is -0.418 e. The first-order valence-electron chi connectivity index (χ1n) is 9.08. The quantitative estimate of drug-likeness (QED) is 0.441. The molecule has 1 unspecified atom stereocenters. The van der Waals surface area contributed by atoms with Crippen molar-refractivity contribution < 1.29 is 4.42 Å². The lowest BCUT2D eigenvalue weighted by Gasteiger charge is -2.18. The van der Waals surface area contributed by atoms with Crippen LogP contribution in [0.4, 0.5) is 5.69 Å². The van der Waals surface area contributed by atoms with Crippen molar-refractivity contribution in [1.82, 2.24) is 10.2 Å². The van der Waals surface area contributed by atoms with E-state index >= 15 is 0 Å². The van der Waals surface area contributed by atoms with Gasteiger partial charge in [0.2, 0.25) is 11.8 Å². The number of benzene rings is 3. The smallest absolute Gasteiger partial charge is 0.247 e. The molecular weight excluding hydrogens is 370 g/mol. The van der Waals surface area contributed by atoms with Crippen LogP contribution in [0.25, 0.3) is 11.5 Å². The maximum atomic E-state index is 6.23. The zero-order valence-electron chi connectivity index (χ0n) is 15.7. The predicted octanol–water partition coefficient (Wildman–Crippen LogP) is 6.21. The van der Waals surface area contributed by atoms with Gasteiger partial charge < -0.3 is 9.73 Å². The summed E-state index contributed by atoms with van der Waals surface area (Å²) in [6, 6.07) is 23.4. The zero-order valence-corrected chi connectivity index (χ0v) is 16.4. The maximum Gasteiger partial charge on any atom is 0.247 e. The fourth-order valence-corrected chi connectivity index (χ4v) is 3.22. The molecule has 4 nitrogen and oxygen atoms in total. The normalized spacial score (nSPS) is 12.0. The summed E-state index contributed by atoms with van der Waals surface area (Å²) in [5.41, 5.74) is 5.28. The van der Waals surface area contributed by atoms with Gasteiger partial charge in [0.05, 0.1) is 0 Å². The van der Waals surface area contributed by atoms with Gasteiger partial charge in [0, 0.05) is 16.3 Å². The van der Waals surface area contributed by atoms with E-state index in [1.807, 2.05) is 60.7 Å². The van der Waals surface area contributed by atoms with Crippen LogP contribution in [0.1, 0.15) is 28.6 Å². The lowest BCUT2D eigenvalue weighted by atomic mass is 10.1. The molecule has 0 spiro atoms. The van der Waals surface area contributed by atoms with E-state index in [0.29, 0.717) is 16.8 Å². The Bertz CT molecular complexity index is 1090. The molecule has 5 heteroatoms. The molecule has 0 saturated heterocycles. The average molecular weight is 390 g/mol. The first kappa shape index (κ1) is 18.3. The molecule has 0 aliphatic heterocycles. The summed E-state index contributed by atoms with van der Waals surface area (Å²) in [5, 5.41) is 12.7. The van der Waals surface area contributed by atoms with Gasteiger partial charge in [-0.15, -0.1) is 10.2 Å². The number of nitrogens with one attached hydrogen (secondary N) is 1. The summed E-state index contributed by atoms with van der Waals surface area (Å²) in [6.45, 7) is 4.19. The van der Waals surface area contributed by atoms with E-state index in [1.165, 1.54) is 11.1 Å². The van der Waals surface area contributed by atoms with Crippen LogP contribution < -0.4 is 5.32 Å². The third-order valence-electron chi connectivity index (χ3n) is 4.71. The molecule has 4 aromatic rings. The highest BCUT2D eigenvalue weighted by molar-refractivity contribution is 6.30. The second-order valence-electron chi connectivity index (χ2n) is 6.74. The summed E-state index contributed by atoms with van der Waals surface area (Å²) < 4.78 is 6.02. The van der Waals surface area contributed by atoms with E-state index < -0.39 is 0 Å². The van der Waals surface area contributed by atoms with E-state index in [2.05, 4.69) is 41.5 Å². The topological polar surface area (TPSA) is 51.0 Å². The second kappa shape index (κ2) is 7.87. The van der Waals surface area contributed by atoms with Crippen molar-refractivity contribution in [2.75, 3.05) is 5.32 Å². The van der Waals surface area contributed by atoms with E-state index in [1.54, 1.807) is 0 Å². The molecule has 4 rings (SSSR count). The van der Waals surface area contributed by atoms with Crippen LogP contribution in [0, 0.1) is 13.8 Å². The van der Waals surface area contributed by atoms with Gasteiger partial charge in [0.1, 0.15) is 6.04 Å². The lowest BCUT2D eigenvalue weighted by molar-refractivity contribution is 0.494. The van der Waals surface area contributed by atoms with Crippen molar-refractivity contribution in [3.8, 4) is 11.5 Å². The molecule has 0 saturated carbocycles. The lowest BCUT2D eigenvalue weighted by Crippen LogP contribution is -2.13. The van der Waals surface area contributed by atoms with Gasteiger partial charge in [-0.05, 0) is 66.9 Å². The Hall–Kier alpha value is -3.11. The number of nitrogens with zero attached hydrogens (tertiary/aromatic N) is 2. The largest absolute Gasteiger partial charge is 0.418 e. The highest BCUT2D eigenvalue weighted by atomic mass is 35.5. The molecule has 0 fully saturated rings. The average Bonchev–Trinajstić information content (AvgIpc) is 3.19. The molecule has 0 aliphatic carbocycles. The SMILES string of the molecule is Cc1ccc(NC(c2cccc(Cl)c2)c2nnc(-c3ccccc3)o2)cc1C. The zero-order chi connectivity index (χ0) is 19.5. The van der Waals surface area contributed by atoms with E-state index in [4.69, 9.17) is 16.0 Å². The molecule has 0 aliphatic rings. The third kappa shape index (κ3) is 3.92. The molecule has 28 heavy (non-hydrogen) atoms. The molecule has 3 aromatic carbocycles. The number of anilines is 1. The standard InChI is InChI=1S/C23H20ClN3O/c1-15-11-12-20(13-16(15)2)25-21(18-9-6-10-19(24)14-18)23-27-26-22(28-23)17-7-4-3-5-8-17/h3-14,21,25H,1-2H3. The van der Waals surface area contributed by atoms with Gasteiger partial charge in [-0.3, -0.25) is 0 Å². The minimum atomic E-state index is -0.314. The van der Waals surface area contributed by atoms with Crippen LogP contribution in [-0.2, 0) is 0 Å². The van der Waals surface area contributed by atoms with Gasteiger partial charge in [0.25, 0.3) is 0 Å². The first-order chi connectivity index (χ1) is 13.6. The number of rotatable bonds is 5. The van der Waals surface area contributed by atoms with Crippen molar-refractivity contribution in [2.24, 2.45) is 0 Å². The monoisotopic (exact) mass is 389 g/mol. The Labute approximate surface area is 169 Å². The van der Waals surface area contributed by atoms with E-state index in [-0.39, 0.29) is 6.04 Å². The van der Waals surface area contributed by atoms with Gasteiger partial charge >= 0.3 is 0 Å². The van der Waals surface area contributed by atoms with Crippen molar-refractivity contribution in [1.29, 1.82) is 0 Å². The number of halogens is 1. The third-order valence-corrected chi connectivity index (χ3v) is 4.94. The number of aryl methyl sites for hydroxylation is 2. The van der Waals surface area contributed by atoms with Gasteiger partial charge in [-0.2, -0.15) is 0 Å². The highest BCUT2D eigenvalue weighted by Gasteiger charge is 2.22. The summed E-state index contributed by atoms with van der Waals surface area (Å²) in [4.78, 5) is 0. The fraction of sp³-hybridized carbons (Fsp3) is 0.130. The van der Waals surface area contributed by atoms with Crippen LogP contribution >= 0.6 is 11.6 Å². The minimum absolute atomic E-state index is 0.314. The summed E-state index contributed by atoms with van der Waals surface area (Å²) in [5.74, 6) is 0.976. The molecule has 1 heterocycles. The molecule has 0 bridgehead atoms. The van der Waals surface area contributed by atoms with Crippen molar-refractivity contribution in [3.05, 3.63) is 100 Å². The van der Waals surface area contributed by atoms with E-state index in [9.17, 15) is 0 Å². The van der Waals surface area contributed by atoms with Crippen LogP contribution in [0.2, 0.25) is 5.02 Å². The molecule has 1 N–H and O–H groups in total. The number of hydrogen-bond donors (Lipinski definition) is 1. The maximum absolute atomic E-state index is 6.23. The Kier molecular flexibility index (Phi) is 5.13. The van der Waals surface area contributed by atoms with Crippen LogP contribution in [-0.4, -0.2) is 10.2 Å². The van der Waals surface area contributed by atoms with Gasteiger partial charge in [-0.1, -0.05) is 48.0 Å². The highest BCUT2D eigenvalue weighted by Crippen LogP contribution is 2.30. The molecule has 1 aromatic heterocycles. The predicted molar refractivity (Wildman–Crippen MR) is 113 cm³/mol. The van der Waals surface area contributed by atoms with Crippen molar-refractivity contribution in [3.63, 3.8) is 0 Å². The Morgan fingerprint density at radius 3 is 2.43 bits per heavy atom. The molecule has 1 atom stereocenters. The van der Waals surface area contributed by atoms with Gasteiger partial charge in [-0.25, -0.2) is 0 Å². The van der Waals surface area contributed by atoms with Gasteiger partial charge in [0.15, 0.2) is 0 Å². The number of hydrogen-bond acceptors (Lipinski definition) is 4. The van der Waals surface area contributed by atoms with Crippen molar-refractivity contribution in [2.45, 2.75) is 19.9 Å². The van der Waals surface area contributed by atoms with Crippen LogP contribution in [0.15, 0.2) is 77.2 Å². The van der Waals surface area contributed by atoms with Crippen LogP contribution in [0.5, 0.6) is 0 Å². The summed E-state index contributed by atoms with van der Waals surface area (Å²) in [6.07, 6.45) is 0. The molecule has 140 valence electrons. The van der Waals surface area contributed by atoms with Crippen molar-refractivity contribution >= 4 is 17.3 Å². The summed E-state index contributed by atoms with van der Waals surface area (Å²) in [7, 11) is 0. The van der Waals surface area contributed by atoms with E-state index in [0.717, 1.165) is 16.8 Å². The molecule has 0 amide bonds. The Balaban J connectivity index is 1.73. The Morgan fingerprint density at radius 1 is 0.857 bits per heavy atom. The first-order valence-corrected chi connectivity index (χ1v) is 9.46. The molecular formula is C23H20ClN3O. The number of aromatic nitrogens is 2. The molecule has 0 radical (unpaired) electrons. The second-order valence-corrected chi connectivity index (χ2v) is 7.18. The van der Waals surface area contributed by atoms with Crippen LogP contribution in [0.3, 0.4) is 0 Å².